The molecular weight excluding hydrogens is 449 g/mol. The quantitative estimate of drug-likeness (QED) is 0.381. The van der Waals surface area contributed by atoms with E-state index in [4.69, 9.17) is 5.26 Å². The molecule has 0 aliphatic carbocycles. The topological polar surface area (TPSA) is 120 Å². The number of nitriles is 1. The number of hydrogen-bond acceptors (Lipinski definition) is 5. The summed E-state index contributed by atoms with van der Waals surface area (Å²) in [6.45, 7) is 1.85. The van der Waals surface area contributed by atoms with E-state index in [2.05, 4.69) is 15.6 Å². The zero-order chi connectivity index (χ0) is 24.9. The largest absolute Gasteiger partial charge is 0.508 e. The van der Waals surface area contributed by atoms with Crippen LogP contribution in [-0.4, -0.2) is 32.5 Å². The number of carbonyl (C=O) groups is 2. The number of rotatable bonds is 7. The van der Waals surface area contributed by atoms with Gasteiger partial charge in [0.2, 0.25) is 11.8 Å². The smallest absolute Gasteiger partial charge is 0.246 e. The summed E-state index contributed by atoms with van der Waals surface area (Å²) in [6, 6.07) is 15.6. The molecule has 3 N–H and O–H groups in total. The number of fused-ring (bicyclic) bond motifs is 1. The minimum Gasteiger partial charge on any atom is -0.508 e. The lowest BCUT2D eigenvalue weighted by atomic mass is 10.1. The molecule has 0 spiro atoms. The molecule has 3 aromatic carbocycles. The van der Waals surface area contributed by atoms with Gasteiger partial charge in [0, 0.05) is 29.5 Å². The Bertz CT molecular complexity index is 1460. The lowest BCUT2D eigenvalue weighted by molar-refractivity contribution is -0.125. The van der Waals surface area contributed by atoms with E-state index in [1.807, 2.05) is 6.07 Å². The van der Waals surface area contributed by atoms with E-state index in [9.17, 15) is 19.1 Å². The number of benzene rings is 3. The number of halogens is 1. The molecule has 2 amide bonds. The van der Waals surface area contributed by atoms with Crippen LogP contribution in [-0.2, 0) is 22.6 Å². The third-order valence-corrected chi connectivity index (χ3v) is 5.54. The zero-order valence-corrected chi connectivity index (χ0v) is 18.8. The third-order valence-electron chi connectivity index (χ3n) is 5.54. The van der Waals surface area contributed by atoms with Crippen molar-refractivity contribution in [3.8, 4) is 11.8 Å². The van der Waals surface area contributed by atoms with Crippen LogP contribution in [0.25, 0.3) is 10.8 Å². The molecule has 9 heteroatoms. The van der Waals surface area contributed by atoms with Crippen molar-refractivity contribution in [2.24, 2.45) is 0 Å². The number of nitrogens with zero attached hydrogens (tertiary/aromatic N) is 3. The van der Waals surface area contributed by atoms with Crippen molar-refractivity contribution in [1.82, 2.24) is 14.9 Å². The maximum Gasteiger partial charge on any atom is 0.246 e. The first-order valence-electron chi connectivity index (χ1n) is 10.8. The number of hydrogen-bond donors (Lipinski definition) is 3. The maximum atomic E-state index is 13.9. The fraction of sp³-hybridized carbons (Fsp3) is 0.154. The SMILES string of the molecule is CC(NC(=O)Cc1cncn1Cc1ccc(C#N)c(F)c1)C(=O)Nc1cccc2ccc(O)cc12. The van der Waals surface area contributed by atoms with Crippen molar-refractivity contribution >= 4 is 28.3 Å². The Labute approximate surface area is 200 Å². The van der Waals surface area contributed by atoms with Gasteiger partial charge in [-0.3, -0.25) is 9.59 Å². The van der Waals surface area contributed by atoms with Gasteiger partial charge >= 0.3 is 0 Å². The van der Waals surface area contributed by atoms with Crippen LogP contribution in [0, 0.1) is 17.1 Å². The van der Waals surface area contributed by atoms with Crippen LogP contribution in [0.1, 0.15) is 23.7 Å². The van der Waals surface area contributed by atoms with Gasteiger partial charge in [-0.1, -0.05) is 24.3 Å². The van der Waals surface area contributed by atoms with Gasteiger partial charge in [-0.05, 0) is 48.2 Å². The number of nitrogens with one attached hydrogen (secondary N) is 2. The first-order chi connectivity index (χ1) is 16.8. The first-order valence-corrected chi connectivity index (χ1v) is 10.8. The lowest BCUT2D eigenvalue weighted by Crippen LogP contribution is -2.42. The molecule has 4 rings (SSSR count). The predicted octanol–water partition coefficient (Wildman–Crippen LogP) is 3.49. The number of amides is 2. The second-order valence-electron chi connectivity index (χ2n) is 8.11. The molecule has 0 fully saturated rings. The van der Waals surface area contributed by atoms with Crippen molar-refractivity contribution in [2.75, 3.05) is 5.32 Å². The summed E-state index contributed by atoms with van der Waals surface area (Å²) in [5, 5.41) is 25.7. The highest BCUT2D eigenvalue weighted by molar-refractivity contribution is 6.04. The second kappa shape index (κ2) is 10.1. The van der Waals surface area contributed by atoms with Crippen molar-refractivity contribution in [1.29, 1.82) is 5.26 Å². The Morgan fingerprint density at radius 1 is 1.20 bits per heavy atom. The zero-order valence-electron chi connectivity index (χ0n) is 18.8. The van der Waals surface area contributed by atoms with Gasteiger partial charge in [0.25, 0.3) is 0 Å². The Morgan fingerprint density at radius 2 is 2.03 bits per heavy atom. The standard InChI is InChI=1S/C26H22FN5O3/c1-16(26(35)31-24-4-2-3-18-7-8-21(33)11-22(18)24)30-25(34)10-20-13-29-15-32(20)14-17-5-6-19(12-28)23(27)9-17/h2-9,11,13,15-16,33H,10,14H2,1H3,(H,30,34)(H,31,35). The monoisotopic (exact) mass is 471 g/mol. The summed E-state index contributed by atoms with van der Waals surface area (Å²) < 4.78 is 15.6. The number of aromatic hydroxyl groups is 1. The predicted molar refractivity (Wildman–Crippen MR) is 128 cm³/mol. The van der Waals surface area contributed by atoms with E-state index in [0.29, 0.717) is 22.3 Å². The van der Waals surface area contributed by atoms with Crippen LogP contribution >= 0.6 is 0 Å². The second-order valence-corrected chi connectivity index (χ2v) is 8.11. The van der Waals surface area contributed by atoms with Crippen molar-refractivity contribution in [3.63, 3.8) is 0 Å². The number of carbonyl (C=O) groups excluding carboxylic acids is 2. The van der Waals surface area contributed by atoms with Crippen LogP contribution in [0.3, 0.4) is 0 Å². The Morgan fingerprint density at radius 3 is 2.80 bits per heavy atom. The van der Waals surface area contributed by atoms with Crippen molar-refractivity contribution in [2.45, 2.75) is 25.9 Å². The molecule has 0 aliphatic heterocycles. The van der Waals surface area contributed by atoms with Gasteiger partial charge in [-0.25, -0.2) is 9.37 Å². The summed E-state index contributed by atoms with van der Waals surface area (Å²) in [4.78, 5) is 29.4. The van der Waals surface area contributed by atoms with Crippen LogP contribution in [0.5, 0.6) is 5.75 Å². The molecule has 35 heavy (non-hydrogen) atoms. The Balaban J connectivity index is 1.38. The molecule has 0 saturated heterocycles. The molecule has 1 unspecified atom stereocenters. The van der Waals surface area contributed by atoms with Gasteiger partial charge in [-0.15, -0.1) is 0 Å². The van der Waals surface area contributed by atoms with Gasteiger partial charge in [-0.2, -0.15) is 5.26 Å². The summed E-state index contributed by atoms with van der Waals surface area (Å²) in [7, 11) is 0. The molecule has 0 saturated carbocycles. The van der Waals surface area contributed by atoms with Crippen LogP contribution < -0.4 is 10.6 Å². The van der Waals surface area contributed by atoms with Crippen LogP contribution in [0.15, 0.2) is 67.1 Å². The molecule has 4 aromatic rings. The summed E-state index contributed by atoms with van der Waals surface area (Å²) in [5.41, 5.74) is 1.70. The fourth-order valence-electron chi connectivity index (χ4n) is 3.72. The molecule has 8 nitrogen and oxygen atoms in total. The molecule has 1 atom stereocenters. The number of imidazole rings is 1. The number of phenolic OH excluding ortho intramolecular Hbond substituents is 1. The lowest BCUT2D eigenvalue weighted by Gasteiger charge is -2.16. The molecule has 0 aliphatic rings. The summed E-state index contributed by atoms with van der Waals surface area (Å²) in [6.07, 6.45) is 3.04. The molecular formula is C26H22FN5O3. The number of anilines is 1. The average Bonchev–Trinajstić information content (AvgIpc) is 3.25. The molecule has 1 heterocycles. The summed E-state index contributed by atoms with van der Waals surface area (Å²) >= 11 is 0. The average molecular weight is 471 g/mol. The highest BCUT2D eigenvalue weighted by atomic mass is 19.1. The van der Waals surface area contributed by atoms with Crippen LogP contribution in [0.2, 0.25) is 0 Å². The molecule has 176 valence electrons. The highest BCUT2D eigenvalue weighted by Gasteiger charge is 2.18. The molecule has 1 aromatic heterocycles. The van der Waals surface area contributed by atoms with Gasteiger partial charge in [0.1, 0.15) is 23.7 Å². The van der Waals surface area contributed by atoms with E-state index in [1.54, 1.807) is 54.0 Å². The molecule has 0 radical (unpaired) electrons. The normalized spacial score (nSPS) is 11.6. The summed E-state index contributed by atoms with van der Waals surface area (Å²) in [5.74, 6) is -1.31. The Hall–Kier alpha value is -4.71. The van der Waals surface area contributed by atoms with Crippen molar-refractivity contribution in [3.05, 3.63) is 89.8 Å². The minimum absolute atomic E-state index is 0.0292. The van der Waals surface area contributed by atoms with Gasteiger partial charge in [0.05, 0.1) is 18.3 Å². The highest BCUT2D eigenvalue weighted by Crippen LogP contribution is 2.27. The van der Waals surface area contributed by atoms with Crippen LogP contribution in [0.4, 0.5) is 10.1 Å². The van der Waals surface area contributed by atoms with E-state index < -0.39 is 17.8 Å². The maximum absolute atomic E-state index is 13.9. The van der Waals surface area contributed by atoms with E-state index in [-0.39, 0.29) is 30.2 Å². The molecule has 0 bridgehead atoms. The van der Waals surface area contributed by atoms with Crippen molar-refractivity contribution < 1.29 is 19.1 Å². The minimum atomic E-state index is -0.820. The third kappa shape index (κ3) is 5.45. The van der Waals surface area contributed by atoms with E-state index >= 15 is 0 Å². The Kier molecular flexibility index (Phi) is 6.73. The number of aromatic nitrogens is 2. The van der Waals surface area contributed by atoms with E-state index in [1.165, 1.54) is 24.7 Å². The fourth-order valence-corrected chi connectivity index (χ4v) is 3.72. The van der Waals surface area contributed by atoms with E-state index in [0.717, 1.165) is 5.39 Å². The number of phenols is 1. The van der Waals surface area contributed by atoms with Gasteiger partial charge < -0.3 is 20.3 Å². The first kappa shape index (κ1) is 23.4. The van der Waals surface area contributed by atoms with Gasteiger partial charge in [0.15, 0.2) is 0 Å².